The first-order valence-electron chi connectivity index (χ1n) is 13.2. The second-order valence-electron chi connectivity index (χ2n) is 9.76. The van der Waals surface area contributed by atoms with Crippen LogP contribution in [0.1, 0.15) is 43.0 Å². The van der Waals surface area contributed by atoms with Crippen molar-refractivity contribution in [2.75, 3.05) is 47.1 Å². The van der Waals surface area contributed by atoms with Crippen molar-refractivity contribution < 1.29 is 23.7 Å². The van der Waals surface area contributed by atoms with E-state index >= 15 is 0 Å². The largest absolute Gasteiger partial charge is 0.497 e. The van der Waals surface area contributed by atoms with Crippen molar-refractivity contribution in [1.29, 1.82) is 0 Å². The molecule has 3 aromatic rings. The van der Waals surface area contributed by atoms with Crippen LogP contribution in [0.2, 0.25) is 0 Å². The van der Waals surface area contributed by atoms with Crippen LogP contribution in [0.15, 0.2) is 36.5 Å². The number of carbonyl (C=O) groups is 1. The molecule has 1 aromatic heterocycles. The second-order valence-corrected chi connectivity index (χ2v) is 9.76. The van der Waals surface area contributed by atoms with E-state index in [-0.39, 0.29) is 18.1 Å². The minimum absolute atomic E-state index is 0.0542. The highest BCUT2D eigenvalue weighted by atomic mass is 16.5. The molecule has 8 nitrogen and oxygen atoms in total. The van der Waals surface area contributed by atoms with Gasteiger partial charge in [0.25, 0.3) is 0 Å². The van der Waals surface area contributed by atoms with E-state index in [1.165, 1.54) is 11.1 Å². The summed E-state index contributed by atoms with van der Waals surface area (Å²) in [5.74, 6) is 2.30. The molecule has 37 heavy (non-hydrogen) atoms. The van der Waals surface area contributed by atoms with Gasteiger partial charge in [-0.05, 0) is 80.1 Å². The maximum absolute atomic E-state index is 13.9. The Hall–Kier alpha value is -3.39. The number of rotatable bonds is 7. The number of H-pyrrole nitrogens is 1. The van der Waals surface area contributed by atoms with E-state index in [2.05, 4.69) is 41.2 Å². The smallest absolute Gasteiger partial charge is 0.320 e. The Morgan fingerprint density at radius 3 is 2.65 bits per heavy atom. The Balaban J connectivity index is 1.52. The number of ether oxygens (including phenoxy) is 4. The van der Waals surface area contributed by atoms with Gasteiger partial charge >= 0.3 is 6.03 Å². The summed E-state index contributed by atoms with van der Waals surface area (Å²) < 4.78 is 22.6. The van der Waals surface area contributed by atoms with Crippen molar-refractivity contribution in [3.63, 3.8) is 0 Å². The van der Waals surface area contributed by atoms with Crippen LogP contribution in [0.5, 0.6) is 17.2 Å². The van der Waals surface area contributed by atoms with E-state index in [4.69, 9.17) is 18.9 Å². The number of carbonyl (C=O) groups excluding carboxylic acids is 1. The minimum Gasteiger partial charge on any atom is -0.497 e. The van der Waals surface area contributed by atoms with Crippen molar-refractivity contribution in [2.45, 2.75) is 45.2 Å². The van der Waals surface area contributed by atoms with E-state index in [0.717, 1.165) is 53.0 Å². The predicted octanol–water partition coefficient (Wildman–Crippen LogP) is 4.96. The number of aromatic amines is 1. The number of aryl methyl sites for hydroxylation is 1. The van der Waals surface area contributed by atoms with E-state index in [9.17, 15) is 4.79 Å². The van der Waals surface area contributed by atoms with Crippen molar-refractivity contribution in [3.8, 4) is 17.2 Å². The lowest BCUT2D eigenvalue weighted by molar-refractivity contribution is 0.0312. The normalized spacial score (nSPS) is 19.6. The minimum atomic E-state index is -0.0882. The van der Waals surface area contributed by atoms with Crippen molar-refractivity contribution in [1.82, 2.24) is 14.8 Å². The molecular formula is C29H37N3O5. The van der Waals surface area contributed by atoms with Gasteiger partial charge in [0.15, 0.2) is 11.5 Å². The Bertz CT molecular complexity index is 1250. The SMILES string of the molecule is CCOc1cc2c(cc1OC)CC(C)N(C(=O)N1CCOCC1)C2CCc1c[nH]c2ccc(OC)cc12. The number of morpholine rings is 1. The maximum atomic E-state index is 13.9. The molecular weight excluding hydrogens is 470 g/mol. The van der Waals surface area contributed by atoms with E-state index in [1.807, 2.05) is 24.0 Å². The average molecular weight is 508 g/mol. The average Bonchev–Trinajstić information content (AvgIpc) is 3.33. The third-order valence-electron chi connectivity index (χ3n) is 7.57. The fourth-order valence-corrected chi connectivity index (χ4v) is 5.72. The van der Waals surface area contributed by atoms with Gasteiger partial charge < -0.3 is 33.7 Å². The highest BCUT2D eigenvalue weighted by Gasteiger charge is 2.38. The Kier molecular flexibility index (Phi) is 7.46. The van der Waals surface area contributed by atoms with Gasteiger partial charge in [-0.15, -0.1) is 0 Å². The second kappa shape index (κ2) is 10.9. The zero-order valence-electron chi connectivity index (χ0n) is 22.2. The van der Waals surface area contributed by atoms with Crippen LogP contribution in [0.25, 0.3) is 10.9 Å². The molecule has 0 radical (unpaired) electrons. The summed E-state index contributed by atoms with van der Waals surface area (Å²) in [6.45, 7) is 7.07. The van der Waals surface area contributed by atoms with Crippen LogP contribution >= 0.6 is 0 Å². The Morgan fingerprint density at radius 2 is 1.92 bits per heavy atom. The van der Waals surface area contributed by atoms with Crippen molar-refractivity contribution in [3.05, 3.63) is 53.2 Å². The summed E-state index contributed by atoms with van der Waals surface area (Å²) in [5.41, 5.74) is 4.65. The molecule has 2 atom stereocenters. The summed E-state index contributed by atoms with van der Waals surface area (Å²) in [5, 5.41) is 1.15. The third kappa shape index (κ3) is 4.94. The molecule has 2 amide bonds. The number of hydrogen-bond acceptors (Lipinski definition) is 5. The molecule has 5 rings (SSSR count). The highest BCUT2D eigenvalue weighted by Crippen LogP contribution is 2.42. The Labute approximate surface area is 218 Å². The molecule has 1 N–H and O–H groups in total. The molecule has 0 spiro atoms. The van der Waals surface area contributed by atoms with Crippen LogP contribution in [0, 0.1) is 0 Å². The lowest BCUT2D eigenvalue weighted by Crippen LogP contribution is -2.54. The first-order chi connectivity index (χ1) is 18.0. The molecule has 0 saturated carbocycles. The lowest BCUT2D eigenvalue weighted by atomic mass is 9.85. The van der Waals surface area contributed by atoms with Gasteiger partial charge in [-0.1, -0.05) is 0 Å². The predicted molar refractivity (Wildman–Crippen MR) is 143 cm³/mol. The molecule has 1 fully saturated rings. The van der Waals surface area contributed by atoms with Gasteiger partial charge in [0.05, 0.1) is 40.1 Å². The molecule has 3 heterocycles. The molecule has 2 aliphatic heterocycles. The number of nitrogens with zero attached hydrogens (tertiary/aromatic N) is 2. The molecule has 2 aliphatic rings. The van der Waals surface area contributed by atoms with Crippen LogP contribution in [-0.4, -0.2) is 74.0 Å². The van der Waals surface area contributed by atoms with Gasteiger partial charge in [-0.2, -0.15) is 0 Å². The first-order valence-corrected chi connectivity index (χ1v) is 13.2. The standard InChI is InChI=1S/C29H37N3O5/c1-5-37-28-17-24-21(15-27(28)35-4)14-19(2)32(29(33)31-10-12-36-13-11-31)26(24)9-6-20-18-30-25-8-7-22(34-3)16-23(20)25/h7-8,15-19,26,30H,5-6,9-14H2,1-4H3. The number of methoxy groups -OCH3 is 2. The van der Waals surface area contributed by atoms with E-state index in [1.54, 1.807) is 14.2 Å². The van der Waals surface area contributed by atoms with Crippen LogP contribution in [0.4, 0.5) is 4.79 Å². The number of nitrogens with one attached hydrogen (secondary N) is 1. The summed E-state index contributed by atoms with van der Waals surface area (Å²) >= 11 is 0. The number of amides is 2. The van der Waals surface area contributed by atoms with Gasteiger partial charge in [0.1, 0.15) is 5.75 Å². The number of aromatic nitrogens is 1. The molecule has 2 aromatic carbocycles. The van der Waals surface area contributed by atoms with E-state index < -0.39 is 0 Å². The summed E-state index contributed by atoms with van der Waals surface area (Å²) in [6.07, 6.45) is 4.45. The Morgan fingerprint density at radius 1 is 1.11 bits per heavy atom. The first kappa shape index (κ1) is 25.3. The maximum Gasteiger partial charge on any atom is 0.320 e. The monoisotopic (exact) mass is 507 g/mol. The zero-order valence-corrected chi connectivity index (χ0v) is 22.2. The fourth-order valence-electron chi connectivity index (χ4n) is 5.72. The molecule has 198 valence electrons. The molecule has 0 aliphatic carbocycles. The van der Waals surface area contributed by atoms with Crippen LogP contribution in [-0.2, 0) is 17.6 Å². The number of benzene rings is 2. The molecule has 8 heteroatoms. The zero-order chi connectivity index (χ0) is 25.9. The summed E-state index contributed by atoms with van der Waals surface area (Å²) in [4.78, 5) is 21.3. The molecule has 2 unspecified atom stereocenters. The number of fused-ring (bicyclic) bond motifs is 2. The molecule has 1 saturated heterocycles. The van der Waals surface area contributed by atoms with Crippen molar-refractivity contribution in [2.24, 2.45) is 0 Å². The van der Waals surface area contributed by atoms with Crippen molar-refractivity contribution >= 4 is 16.9 Å². The van der Waals surface area contributed by atoms with Gasteiger partial charge in [0.2, 0.25) is 0 Å². The number of urea groups is 1. The van der Waals surface area contributed by atoms with Gasteiger partial charge in [-0.3, -0.25) is 0 Å². The fraction of sp³-hybridized carbons (Fsp3) is 0.483. The number of hydrogen-bond donors (Lipinski definition) is 1. The van der Waals surface area contributed by atoms with Crippen LogP contribution in [0.3, 0.4) is 0 Å². The summed E-state index contributed by atoms with van der Waals surface area (Å²) in [7, 11) is 3.36. The van der Waals surface area contributed by atoms with E-state index in [0.29, 0.717) is 32.9 Å². The topological polar surface area (TPSA) is 76.3 Å². The van der Waals surface area contributed by atoms with Crippen LogP contribution < -0.4 is 14.2 Å². The third-order valence-corrected chi connectivity index (χ3v) is 7.57. The molecule has 0 bridgehead atoms. The lowest BCUT2D eigenvalue weighted by Gasteiger charge is -2.45. The highest BCUT2D eigenvalue weighted by molar-refractivity contribution is 5.84. The quantitative estimate of drug-likeness (QED) is 0.489. The van der Waals surface area contributed by atoms with Gasteiger partial charge in [-0.25, -0.2) is 4.79 Å². The van der Waals surface area contributed by atoms with Gasteiger partial charge in [0, 0.05) is 36.2 Å². The summed E-state index contributed by atoms with van der Waals surface area (Å²) in [6, 6.07) is 10.3.